The Balaban J connectivity index is 2.37. The fraction of sp³-hybridized carbons (Fsp3) is 0.278. The molecule has 0 radical (unpaired) electrons. The molecule has 1 amide bonds. The van der Waals surface area contributed by atoms with Gasteiger partial charge in [0.1, 0.15) is 10.6 Å². The van der Waals surface area contributed by atoms with Crippen LogP contribution in [0.25, 0.3) is 0 Å². The van der Waals surface area contributed by atoms with E-state index in [-0.39, 0.29) is 16.2 Å². The number of benzene rings is 2. The number of hydrogen-bond acceptors (Lipinski definition) is 4. The Kier molecular flexibility index (Phi) is 6.63. The van der Waals surface area contributed by atoms with Crippen molar-refractivity contribution < 1.29 is 17.9 Å². The number of anilines is 1. The summed E-state index contributed by atoms with van der Waals surface area (Å²) in [6.45, 7) is 3.99. The molecule has 0 bridgehead atoms. The smallest absolute Gasteiger partial charge is 0.255 e. The Bertz CT molecular complexity index is 913. The number of nitrogens with one attached hydrogen (secondary N) is 2. The standard InChI is InChI=1S/C18H21ClN2O4S/c1-4-9-20-26(23,24)17-10-13(6-8-16(17)25-3)18(22)21-15-11-14(19)7-5-12(15)2/h5-8,10-11,20H,4,9H2,1-3H3,(H,21,22). The topological polar surface area (TPSA) is 84.5 Å². The fourth-order valence-corrected chi connectivity index (χ4v) is 3.76. The van der Waals surface area contributed by atoms with Gasteiger partial charge in [0.25, 0.3) is 5.91 Å². The van der Waals surface area contributed by atoms with Crippen molar-refractivity contribution in [2.75, 3.05) is 19.0 Å². The lowest BCUT2D eigenvalue weighted by Crippen LogP contribution is -2.25. The van der Waals surface area contributed by atoms with Crippen LogP contribution in [0.3, 0.4) is 0 Å². The van der Waals surface area contributed by atoms with Crippen LogP contribution >= 0.6 is 11.6 Å². The molecule has 140 valence electrons. The van der Waals surface area contributed by atoms with Gasteiger partial charge >= 0.3 is 0 Å². The normalized spacial score (nSPS) is 11.2. The summed E-state index contributed by atoms with van der Waals surface area (Å²) < 4.78 is 32.5. The summed E-state index contributed by atoms with van der Waals surface area (Å²) in [7, 11) is -2.41. The van der Waals surface area contributed by atoms with Crippen LogP contribution in [-0.2, 0) is 10.0 Å². The summed E-state index contributed by atoms with van der Waals surface area (Å²) in [4.78, 5) is 12.5. The van der Waals surface area contributed by atoms with E-state index in [1.54, 1.807) is 18.2 Å². The van der Waals surface area contributed by atoms with Crippen LogP contribution in [0.1, 0.15) is 29.3 Å². The molecule has 6 nitrogen and oxygen atoms in total. The first-order chi connectivity index (χ1) is 12.3. The zero-order valence-electron chi connectivity index (χ0n) is 14.8. The Morgan fingerprint density at radius 1 is 1.19 bits per heavy atom. The molecule has 0 aliphatic carbocycles. The molecule has 0 aliphatic rings. The monoisotopic (exact) mass is 396 g/mol. The quantitative estimate of drug-likeness (QED) is 0.748. The third-order valence-corrected chi connectivity index (χ3v) is 5.42. The van der Waals surface area contributed by atoms with Gasteiger partial charge in [0.2, 0.25) is 10.0 Å². The van der Waals surface area contributed by atoms with Crippen molar-refractivity contribution in [3.63, 3.8) is 0 Å². The number of ether oxygens (including phenoxy) is 1. The van der Waals surface area contributed by atoms with Crippen LogP contribution in [0.2, 0.25) is 5.02 Å². The maximum atomic E-state index is 12.6. The molecule has 0 atom stereocenters. The number of carbonyl (C=O) groups excluding carboxylic acids is 1. The van der Waals surface area contributed by atoms with Crippen LogP contribution in [0.15, 0.2) is 41.3 Å². The molecule has 2 aromatic carbocycles. The molecular weight excluding hydrogens is 376 g/mol. The molecule has 0 fully saturated rings. The van der Waals surface area contributed by atoms with Gasteiger partial charge in [-0.2, -0.15) is 0 Å². The zero-order valence-corrected chi connectivity index (χ0v) is 16.4. The zero-order chi connectivity index (χ0) is 19.3. The highest BCUT2D eigenvalue weighted by Gasteiger charge is 2.21. The molecular formula is C18H21ClN2O4S. The van der Waals surface area contributed by atoms with Gasteiger partial charge < -0.3 is 10.1 Å². The van der Waals surface area contributed by atoms with E-state index in [2.05, 4.69) is 10.0 Å². The molecule has 0 heterocycles. The van der Waals surface area contributed by atoms with Crippen molar-refractivity contribution in [1.29, 1.82) is 0 Å². The molecule has 26 heavy (non-hydrogen) atoms. The molecule has 0 aliphatic heterocycles. The largest absolute Gasteiger partial charge is 0.495 e. The van der Waals surface area contributed by atoms with Crippen molar-refractivity contribution in [2.45, 2.75) is 25.2 Å². The summed E-state index contributed by atoms with van der Waals surface area (Å²) in [5, 5.41) is 3.24. The molecule has 0 unspecified atom stereocenters. The highest BCUT2D eigenvalue weighted by atomic mass is 35.5. The maximum absolute atomic E-state index is 12.6. The summed E-state index contributed by atoms with van der Waals surface area (Å²) >= 11 is 5.96. The third kappa shape index (κ3) is 4.75. The van der Waals surface area contributed by atoms with E-state index in [0.29, 0.717) is 23.7 Å². The van der Waals surface area contributed by atoms with Crippen LogP contribution in [-0.4, -0.2) is 28.0 Å². The van der Waals surface area contributed by atoms with E-state index >= 15 is 0 Å². The number of methoxy groups -OCH3 is 1. The van der Waals surface area contributed by atoms with Crippen LogP contribution in [0.4, 0.5) is 5.69 Å². The minimum Gasteiger partial charge on any atom is -0.495 e. The predicted octanol–water partition coefficient (Wildman–Crippen LogP) is 3.60. The number of aryl methyl sites for hydroxylation is 1. The molecule has 0 saturated carbocycles. The number of sulfonamides is 1. The first kappa shape index (κ1) is 20.2. The number of hydrogen-bond donors (Lipinski definition) is 2. The van der Waals surface area contributed by atoms with Gasteiger partial charge in [-0.25, -0.2) is 13.1 Å². The average Bonchev–Trinajstić information content (AvgIpc) is 2.62. The lowest BCUT2D eigenvalue weighted by atomic mass is 10.1. The van der Waals surface area contributed by atoms with Crippen molar-refractivity contribution >= 4 is 33.2 Å². The first-order valence-electron chi connectivity index (χ1n) is 8.03. The Labute approximate surface area is 158 Å². The van der Waals surface area contributed by atoms with E-state index < -0.39 is 15.9 Å². The van der Waals surface area contributed by atoms with E-state index in [0.717, 1.165) is 5.56 Å². The summed E-state index contributed by atoms with van der Waals surface area (Å²) in [5.74, 6) is -0.269. The molecule has 0 aromatic heterocycles. The number of rotatable bonds is 7. The van der Waals surface area contributed by atoms with Crippen LogP contribution < -0.4 is 14.8 Å². The second-order valence-electron chi connectivity index (χ2n) is 5.68. The number of carbonyl (C=O) groups is 1. The number of halogens is 1. The first-order valence-corrected chi connectivity index (χ1v) is 9.89. The molecule has 0 spiro atoms. The Hall–Kier alpha value is -2.09. The molecule has 2 aromatic rings. The van der Waals surface area contributed by atoms with Crippen LogP contribution in [0, 0.1) is 6.92 Å². The van der Waals surface area contributed by atoms with E-state index in [1.807, 2.05) is 13.8 Å². The molecule has 0 saturated heterocycles. The van der Waals surface area contributed by atoms with E-state index in [9.17, 15) is 13.2 Å². The van der Waals surface area contributed by atoms with Crippen molar-refractivity contribution in [3.8, 4) is 5.75 Å². The van der Waals surface area contributed by atoms with Gasteiger partial charge in [0, 0.05) is 22.8 Å². The summed E-state index contributed by atoms with van der Waals surface area (Å²) in [6.07, 6.45) is 0.649. The highest BCUT2D eigenvalue weighted by molar-refractivity contribution is 7.89. The van der Waals surface area contributed by atoms with E-state index in [1.165, 1.54) is 25.3 Å². The average molecular weight is 397 g/mol. The minimum absolute atomic E-state index is 0.0797. The van der Waals surface area contributed by atoms with Crippen molar-refractivity contribution in [3.05, 3.63) is 52.5 Å². The Morgan fingerprint density at radius 3 is 2.58 bits per heavy atom. The fourth-order valence-electron chi connectivity index (χ4n) is 2.27. The minimum atomic E-state index is -3.79. The Morgan fingerprint density at radius 2 is 1.92 bits per heavy atom. The predicted molar refractivity (Wildman–Crippen MR) is 103 cm³/mol. The van der Waals surface area contributed by atoms with Gasteiger partial charge in [-0.15, -0.1) is 0 Å². The van der Waals surface area contributed by atoms with Gasteiger partial charge in [-0.1, -0.05) is 24.6 Å². The summed E-state index contributed by atoms with van der Waals surface area (Å²) in [6, 6.07) is 9.42. The second-order valence-corrected chi connectivity index (χ2v) is 7.85. The van der Waals surface area contributed by atoms with Gasteiger partial charge in [0.15, 0.2) is 0 Å². The molecule has 2 N–H and O–H groups in total. The number of amides is 1. The van der Waals surface area contributed by atoms with Gasteiger partial charge in [-0.05, 0) is 49.2 Å². The highest BCUT2D eigenvalue weighted by Crippen LogP contribution is 2.26. The SMILES string of the molecule is CCCNS(=O)(=O)c1cc(C(=O)Nc2cc(Cl)ccc2C)ccc1OC. The second kappa shape index (κ2) is 8.53. The molecule has 8 heteroatoms. The lowest BCUT2D eigenvalue weighted by Gasteiger charge is -2.13. The lowest BCUT2D eigenvalue weighted by molar-refractivity contribution is 0.102. The summed E-state index contributed by atoms with van der Waals surface area (Å²) in [5.41, 5.74) is 1.60. The van der Waals surface area contributed by atoms with Crippen LogP contribution in [0.5, 0.6) is 5.75 Å². The maximum Gasteiger partial charge on any atom is 0.255 e. The van der Waals surface area contributed by atoms with Crippen molar-refractivity contribution in [2.24, 2.45) is 0 Å². The van der Waals surface area contributed by atoms with E-state index in [4.69, 9.17) is 16.3 Å². The van der Waals surface area contributed by atoms with Gasteiger partial charge in [-0.3, -0.25) is 4.79 Å². The van der Waals surface area contributed by atoms with Gasteiger partial charge in [0.05, 0.1) is 7.11 Å². The van der Waals surface area contributed by atoms with Crippen molar-refractivity contribution in [1.82, 2.24) is 4.72 Å². The molecule has 2 rings (SSSR count). The third-order valence-electron chi connectivity index (χ3n) is 3.71.